The number of benzene rings is 1. The number of carbonyl (C=O) groups excluding carboxylic acids is 1. The zero-order chi connectivity index (χ0) is 13.4. The van der Waals surface area contributed by atoms with E-state index >= 15 is 0 Å². The lowest BCUT2D eigenvalue weighted by molar-refractivity contribution is -0.119. The highest BCUT2D eigenvalue weighted by Gasteiger charge is 2.06. The van der Waals surface area contributed by atoms with Crippen LogP contribution in [0, 0.1) is 0 Å². The summed E-state index contributed by atoms with van der Waals surface area (Å²) in [5, 5.41) is 2.99. The van der Waals surface area contributed by atoms with Gasteiger partial charge < -0.3 is 11.1 Å². The van der Waals surface area contributed by atoms with Gasteiger partial charge in [0.15, 0.2) is 0 Å². The normalized spacial score (nSPS) is 12.2. The van der Waals surface area contributed by atoms with Gasteiger partial charge in [0.1, 0.15) is 0 Å². The summed E-state index contributed by atoms with van der Waals surface area (Å²) in [4.78, 5) is 12.8. The number of rotatable bonds is 7. The van der Waals surface area contributed by atoms with Crippen LogP contribution in [0.4, 0.5) is 0 Å². The summed E-state index contributed by atoms with van der Waals surface area (Å²) in [6, 6.07) is 8.29. The van der Waals surface area contributed by atoms with E-state index < -0.39 is 0 Å². The highest BCUT2D eigenvalue weighted by atomic mass is 32.2. The van der Waals surface area contributed by atoms with Crippen molar-refractivity contribution in [1.82, 2.24) is 5.32 Å². The second kappa shape index (κ2) is 8.16. The Morgan fingerprint density at radius 3 is 2.61 bits per heavy atom. The Labute approximate surface area is 114 Å². The molecule has 0 aliphatic carbocycles. The molecule has 0 aliphatic rings. The van der Waals surface area contributed by atoms with Gasteiger partial charge in [0.2, 0.25) is 5.91 Å². The molecule has 0 aliphatic heterocycles. The molecule has 0 saturated heterocycles. The van der Waals surface area contributed by atoms with Crippen LogP contribution in [0.15, 0.2) is 29.2 Å². The van der Waals surface area contributed by atoms with Crippen LogP contribution < -0.4 is 11.1 Å². The Kier molecular flexibility index (Phi) is 6.83. The largest absolute Gasteiger partial charge is 0.353 e. The van der Waals surface area contributed by atoms with E-state index in [-0.39, 0.29) is 11.9 Å². The lowest BCUT2D eigenvalue weighted by Gasteiger charge is -2.12. The molecular formula is C14H22N2OS. The maximum Gasteiger partial charge on any atom is 0.230 e. The van der Waals surface area contributed by atoms with Crippen LogP contribution >= 0.6 is 11.8 Å². The van der Waals surface area contributed by atoms with Crippen molar-refractivity contribution in [2.75, 3.05) is 5.75 Å². The summed E-state index contributed by atoms with van der Waals surface area (Å²) in [5.41, 5.74) is 6.65. The maximum absolute atomic E-state index is 11.7. The molecule has 3 nitrogen and oxygen atoms in total. The van der Waals surface area contributed by atoms with Crippen LogP contribution in [0.1, 0.15) is 32.3 Å². The van der Waals surface area contributed by atoms with E-state index in [4.69, 9.17) is 5.73 Å². The minimum absolute atomic E-state index is 0.101. The number of nitrogens with two attached hydrogens (primary N) is 1. The molecule has 0 bridgehead atoms. The van der Waals surface area contributed by atoms with Gasteiger partial charge in [-0.1, -0.05) is 25.5 Å². The molecule has 1 aromatic rings. The first-order valence-corrected chi connectivity index (χ1v) is 7.35. The molecule has 3 N–H and O–H groups in total. The first-order valence-electron chi connectivity index (χ1n) is 6.37. The van der Waals surface area contributed by atoms with Crippen LogP contribution in [-0.4, -0.2) is 17.7 Å². The molecule has 0 aromatic heterocycles. The molecular weight excluding hydrogens is 244 g/mol. The fourth-order valence-corrected chi connectivity index (χ4v) is 2.40. The molecule has 0 fully saturated rings. The Balaban J connectivity index is 2.33. The van der Waals surface area contributed by atoms with Gasteiger partial charge in [0.25, 0.3) is 0 Å². The summed E-state index contributed by atoms with van der Waals surface area (Å²) in [7, 11) is 0. The second-order valence-corrected chi connectivity index (χ2v) is 5.44. The summed E-state index contributed by atoms with van der Waals surface area (Å²) >= 11 is 1.55. The minimum Gasteiger partial charge on any atom is -0.353 e. The van der Waals surface area contributed by atoms with Crippen LogP contribution in [0.5, 0.6) is 0 Å². The molecule has 0 radical (unpaired) electrons. The number of thioether (sulfide) groups is 1. The van der Waals surface area contributed by atoms with Crippen molar-refractivity contribution in [2.24, 2.45) is 5.73 Å². The van der Waals surface area contributed by atoms with Gasteiger partial charge in [-0.3, -0.25) is 4.79 Å². The maximum atomic E-state index is 11.7. The Morgan fingerprint density at radius 2 is 2.06 bits per heavy atom. The number of nitrogens with one attached hydrogen (secondary N) is 1. The van der Waals surface area contributed by atoms with Crippen LogP contribution in [-0.2, 0) is 11.3 Å². The molecule has 1 rings (SSSR count). The molecule has 4 heteroatoms. The van der Waals surface area contributed by atoms with Crippen molar-refractivity contribution in [3.63, 3.8) is 0 Å². The van der Waals surface area contributed by atoms with Crippen molar-refractivity contribution >= 4 is 17.7 Å². The van der Waals surface area contributed by atoms with Crippen LogP contribution in [0.25, 0.3) is 0 Å². The Morgan fingerprint density at radius 1 is 1.39 bits per heavy atom. The van der Waals surface area contributed by atoms with Gasteiger partial charge in [0.05, 0.1) is 5.75 Å². The zero-order valence-corrected chi connectivity index (χ0v) is 11.9. The van der Waals surface area contributed by atoms with E-state index in [1.165, 1.54) is 0 Å². The van der Waals surface area contributed by atoms with Gasteiger partial charge in [-0.05, 0) is 31.0 Å². The van der Waals surface area contributed by atoms with E-state index in [1.54, 1.807) is 11.8 Å². The van der Waals surface area contributed by atoms with Crippen molar-refractivity contribution in [1.29, 1.82) is 0 Å². The number of carbonyl (C=O) groups is 1. The fourth-order valence-electron chi connectivity index (χ4n) is 1.69. The van der Waals surface area contributed by atoms with E-state index in [0.717, 1.165) is 23.3 Å². The molecule has 0 spiro atoms. The molecule has 1 atom stereocenters. The summed E-state index contributed by atoms with van der Waals surface area (Å²) in [6.45, 7) is 4.72. The molecule has 1 unspecified atom stereocenters. The molecule has 0 saturated carbocycles. The third-order valence-electron chi connectivity index (χ3n) is 2.66. The second-order valence-electron chi connectivity index (χ2n) is 4.39. The molecule has 100 valence electrons. The van der Waals surface area contributed by atoms with Gasteiger partial charge in [-0.15, -0.1) is 11.8 Å². The quantitative estimate of drug-likeness (QED) is 0.746. The summed E-state index contributed by atoms with van der Waals surface area (Å²) in [6.07, 6.45) is 2.12. The van der Waals surface area contributed by atoms with Gasteiger partial charge in [0, 0.05) is 17.5 Å². The smallest absolute Gasteiger partial charge is 0.230 e. The van der Waals surface area contributed by atoms with Gasteiger partial charge >= 0.3 is 0 Å². The predicted octanol–water partition coefficient (Wildman–Crippen LogP) is 2.54. The number of hydrogen-bond acceptors (Lipinski definition) is 3. The first-order chi connectivity index (χ1) is 8.65. The van der Waals surface area contributed by atoms with E-state index in [0.29, 0.717) is 12.3 Å². The van der Waals surface area contributed by atoms with E-state index in [1.807, 2.05) is 31.2 Å². The average molecular weight is 266 g/mol. The number of hydrogen-bond donors (Lipinski definition) is 2. The molecule has 1 amide bonds. The predicted molar refractivity (Wildman–Crippen MR) is 77.6 cm³/mol. The van der Waals surface area contributed by atoms with Gasteiger partial charge in [-0.25, -0.2) is 0 Å². The van der Waals surface area contributed by atoms with Crippen molar-refractivity contribution in [3.05, 3.63) is 29.8 Å². The topological polar surface area (TPSA) is 55.1 Å². The van der Waals surface area contributed by atoms with E-state index in [2.05, 4.69) is 12.2 Å². The van der Waals surface area contributed by atoms with E-state index in [9.17, 15) is 4.79 Å². The van der Waals surface area contributed by atoms with Crippen LogP contribution in [0.2, 0.25) is 0 Å². The molecule has 0 heterocycles. The van der Waals surface area contributed by atoms with Gasteiger partial charge in [-0.2, -0.15) is 0 Å². The average Bonchev–Trinajstić information content (AvgIpc) is 2.37. The Hall–Kier alpha value is -1.00. The van der Waals surface area contributed by atoms with Crippen LogP contribution in [0.3, 0.4) is 0 Å². The Bertz CT molecular complexity index is 365. The molecule has 1 aromatic carbocycles. The molecule has 18 heavy (non-hydrogen) atoms. The third-order valence-corrected chi connectivity index (χ3v) is 3.67. The monoisotopic (exact) mass is 266 g/mol. The lowest BCUT2D eigenvalue weighted by Crippen LogP contribution is -2.33. The first kappa shape index (κ1) is 15.1. The highest BCUT2D eigenvalue weighted by Crippen LogP contribution is 2.18. The summed E-state index contributed by atoms with van der Waals surface area (Å²) < 4.78 is 0. The third kappa shape index (κ3) is 5.56. The standard InChI is InChI=1S/C14H22N2OS/c1-3-4-11(2)16-14(17)10-18-13-7-5-12(9-15)6-8-13/h5-8,11H,3-4,9-10,15H2,1-2H3,(H,16,17). The lowest BCUT2D eigenvalue weighted by atomic mass is 10.2. The SMILES string of the molecule is CCCC(C)NC(=O)CSc1ccc(CN)cc1. The van der Waals surface area contributed by atoms with Crippen molar-refractivity contribution < 1.29 is 4.79 Å². The zero-order valence-electron chi connectivity index (χ0n) is 11.1. The highest BCUT2D eigenvalue weighted by molar-refractivity contribution is 8.00. The van der Waals surface area contributed by atoms with Crippen molar-refractivity contribution in [3.8, 4) is 0 Å². The summed E-state index contributed by atoms with van der Waals surface area (Å²) in [5.74, 6) is 0.569. The fraction of sp³-hybridized carbons (Fsp3) is 0.500. The number of amides is 1. The van der Waals surface area contributed by atoms with Crippen molar-refractivity contribution in [2.45, 2.75) is 44.2 Å². The minimum atomic E-state index is 0.101.